The van der Waals surface area contributed by atoms with Crippen LogP contribution in [0.25, 0.3) is 0 Å². The number of hydrogen-bond donors (Lipinski definition) is 1. The van der Waals surface area contributed by atoms with Crippen molar-refractivity contribution in [2.45, 2.75) is 64.4 Å². The van der Waals surface area contributed by atoms with Crippen LogP contribution in [0, 0.1) is 0 Å². The Morgan fingerprint density at radius 1 is 1.14 bits per heavy atom. The lowest BCUT2D eigenvalue weighted by Gasteiger charge is -2.22. The highest BCUT2D eigenvalue weighted by Crippen LogP contribution is 2.20. The van der Waals surface area contributed by atoms with Crippen LogP contribution in [0.4, 0.5) is 0 Å². The number of guanidine groups is 1. The molecule has 0 aromatic heterocycles. The molecule has 0 atom stereocenters. The lowest BCUT2D eigenvalue weighted by Crippen LogP contribution is -2.39. The van der Waals surface area contributed by atoms with Crippen molar-refractivity contribution < 1.29 is 4.74 Å². The van der Waals surface area contributed by atoms with Crippen LogP contribution in [0.5, 0.6) is 0 Å². The molecule has 1 heterocycles. The molecule has 2 rings (SSSR count). The predicted molar refractivity (Wildman–Crippen MR) is 99.6 cm³/mol. The van der Waals surface area contributed by atoms with Gasteiger partial charge in [-0.3, -0.25) is 4.99 Å². The zero-order valence-electron chi connectivity index (χ0n) is 13.5. The maximum atomic E-state index is 5.95. The Hall–Kier alpha value is -0.0400. The molecular formula is C16H32IN3O. The van der Waals surface area contributed by atoms with Gasteiger partial charge in [0.15, 0.2) is 5.96 Å². The average molecular weight is 409 g/mol. The minimum absolute atomic E-state index is 0. The van der Waals surface area contributed by atoms with E-state index in [1.54, 1.807) is 0 Å². The summed E-state index contributed by atoms with van der Waals surface area (Å²) in [6, 6.07) is 0. The first-order valence-electron chi connectivity index (χ1n) is 8.55. The predicted octanol–water partition coefficient (Wildman–Crippen LogP) is 3.41. The molecule has 0 spiro atoms. The topological polar surface area (TPSA) is 36.9 Å². The summed E-state index contributed by atoms with van der Waals surface area (Å²) in [6.07, 6.45) is 10.8. The first-order chi connectivity index (χ1) is 9.90. The molecule has 0 radical (unpaired) electrons. The summed E-state index contributed by atoms with van der Waals surface area (Å²) >= 11 is 0. The fourth-order valence-corrected chi connectivity index (χ4v) is 3.09. The highest BCUT2D eigenvalue weighted by atomic mass is 127. The van der Waals surface area contributed by atoms with Gasteiger partial charge in [0.1, 0.15) is 0 Å². The normalized spacial score (nSPS) is 20.4. The lowest BCUT2D eigenvalue weighted by atomic mass is 9.98. The first kappa shape index (κ1) is 19.0. The van der Waals surface area contributed by atoms with E-state index in [1.807, 2.05) is 0 Å². The minimum atomic E-state index is 0. The fourth-order valence-electron chi connectivity index (χ4n) is 3.09. The van der Waals surface area contributed by atoms with E-state index in [1.165, 1.54) is 44.9 Å². The molecule has 124 valence electrons. The molecule has 0 unspecified atom stereocenters. The fraction of sp³-hybridized carbons (Fsp3) is 0.938. The van der Waals surface area contributed by atoms with Gasteiger partial charge in [0.2, 0.25) is 0 Å². The average Bonchev–Trinajstić information content (AvgIpc) is 3.01. The van der Waals surface area contributed by atoms with Gasteiger partial charge in [-0.2, -0.15) is 0 Å². The van der Waals surface area contributed by atoms with Gasteiger partial charge >= 0.3 is 0 Å². The second kappa shape index (κ2) is 11.5. The molecule has 1 saturated carbocycles. The third-order valence-electron chi connectivity index (χ3n) is 4.21. The molecule has 0 aromatic rings. The van der Waals surface area contributed by atoms with Crippen LogP contribution in [0.1, 0.15) is 58.3 Å². The highest BCUT2D eigenvalue weighted by Gasteiger charge is 2.15. The van der Waals surface area contributed by atoms with Gasteiger partial charge in [-0.05, 0) is 39.0 Å². The monoisotopic (exact) mass is 409 g/mol. The number of aliphatic imine (C=N–C) groups is 1. The zero-order chi connectivity index (χ0) is 14.0. The number of rotatable bonds is 6. The van der Waals surface area contributed by atoms with E-state index in [9.17, 15) is 0 Å². The van der Waals surface area contributed by atoms with Gasteiger partial charge in [-0.1, -0.05) is 19.3 Å². The van der Waals surface area contributed by atoms with Gasteiger partial charge in [0.25, 0.3) is 0 Å². The van der Waals surface area contributed by atoms with E-state index in [2.05, 4.69) is 17.1 Å². The Balaban J connectivity index is 0.00000220. The van der Waals surface area contributed by atoms with Gasteiger partial charge in [-0.15, -0.1) is 24.0 Å². The molecule has 1 N–H and O–H groups in total. The van der Waals surface area contributed by atoms with E-state index < -0.39 is 0 Å². The van der Waals surface area contributed by atoms with Crippen molar-refractivity contribution >= 4 is 29.9 Å². The Bertz CT molecular complexity index is 287. The molecule has 4 nitrogen and oxygen atoms in total. The number of nitrogens with zero attached hydrogens (tertiary/aromatic N) is 2. The van der Waals surface area contributed by atoms with E-state index in [0.29, 0.717) is 6.10 Å². The first-order valence-corrected chi connectivity index (χ1v) is 8.55. The van der Waals surface area contributed by atoms with E-state index in [-0.39, 0.29) is 24.0 Å². The van der Waals surface area contributed by atoms with Crippen LogP contribution >= 0.6 is 24.0 Å². The molecule has 0 amide bonds. The number of hydrogen-bond acceptors (Lipinski definition) is 2. The molecule has 2 aliphatic rings. The zero-order valence-corrected chi connectivity index (χ0v) is 15.8. The van der Waals surface area contributed by atoms with Crippen molar-refractivity contribution in [3.8, 4) is 0 Å². The molecule has 1 saturated heterocycles. The molecule has 1 aliphatic carbocycles. The molecular weight excluding hydrogens is 377 g/mol. The molecule has 0 aromatic carbocycles. The SMILES string of the molecule is CCNC(=NCCCOC1CCCCC1)N1CCCC1.I. The second-order valence-electron chi connectivity index (χ2n) is 5.91. The standard InChI is InChI=1S/C16H31N3O.HI/c1-2-17-16(19-12-6-7-13-19)18-11-8-14-20-15-9-4-3-5-10-15;/h15H,2-14H2,1H3,(H,17,18);1H. The Labute approximate surface area is 147 Å². The number of likely N-dealkylation sites (tertiary alicyclic amines) is 1. The summed E-state index contributed by atoms with van der Waals surface area (Å²) in [5.74, 6) is 1.10. The number of nitrogens with one attached hydrogen (secondary N) is 1. The summed E-state index contributed by atoms with van der Waals surface area (Å²) in [5.41, 5.74) is 0. The lowest BCUT2D eigenvalue weighted by molar-refractivity contribution is 0.0281. The van der Waals surface area contributed by atoms with Crippen molar-refractivity contribution in [1.82, 2.24) is 10.2 Å². The highest BCUT2D eigenvalue weighted by molar-refractivity contribution is 14.0. The van der Waals surface area contributed by atoms with Crippen LogP contribution in [0.2, 0.25) is 0 Å². The summed E-state index contributed by atoms with van der Waals surface area (Å²) in [7, 11) is 0. The van der Waals surface area contributed by atoms with Crippen LogP contribution in [0.3, 0.4) is 0 Å². The van der Waals surface area contributed by atoms with E-state index in [0.717, 1.165) is 45.2 Å². The smallest absolute Gasteiger partial charge is 0.193 e. The molecule has 5 heteroatoms. The van der Waals surface area contributed by atoms with Crippen LogP contribution < -0.4 is 5.32 Å². The van der Waals surface area contributed by atoms with E-state index in [4.69, 9.17) is 9.73 Å². The van der Waals surface area contributed by atoms with Crippen molar-refractivity contribution in [1.29, 1.82) is 0 Å². The maximum absolute atomic E-state index is 5.95. The Morgan fingerprint density at radius 2 is 1.86 bits per heavy atom. The Kier molecular flexibility index (Phi) is 10.4. The van der Waals surface area contributed by atoms with Crippen molar-refractivity contribution in [3.05, 3.63) is 0 Å². The number of halogens is 1. The van der Waals surface area contributed by atoms with Gasteiger partial charge in [0, 0.05) is 32.8 Å². The molecule has 0 bridgehead atoms. The second-order valence-corrected chi connectivity index (χ2v) is 5.91. The summed E-state index contributed by atoms with van der Waals surface area (Å²) in [5, 5.41) is 3.40. The van der Waals surface area contributed by atoms with Crippen LogP contribution in [0.15, 0.2) is 4.99 Å². The summed E-state index contributed by atoms with van der Waals surface area (Å²) in [4.78, 5) is 7.11. The van der Waals surface area contributed by atoms with Gasteiger partial charge < -0.3 is 15.0 Å². The van der Waals surface area contributed by atoms with Crippen molar-refractivity contribution in [2.75, 3.05) is 32.8 Å². The molecule has 1 aliphatic heterocycles. The Morgan fingerprint density at radius 3 is 2.52 bits per heavy atom. The quantitative estimate of drug-likeness (QED) is 0.316. The molecule has 2 fully saturated rings. The largest absolute Gasteiger partial charge is 0.378 e. The van der Waals surface area contributed by atoms with Crippen LogP contribution in [-0.2, 0) is 4.74 Å². The third kappa shape index (κ3) is 7.17. The van der Waals surface area contributed by atoms with E-state index >= 15 is 0 Å². The summed E-state index contributed by atoms with van der Waals surface area (Å²) in [6.45, 7) is 7.15. The molecule has 21 heavy (non-hydrogen) atoms. The van der Waals surface area contributed by atoms with Crippen molar-refractivity contribution in [3.63, 3.8) is 0 Å². The minimum Gasteiger partial charge on any atom is -0.378 e. The number of ether oxygens (including phenoxy) is 1. The summed E-state index contributed by atoms with van der Waals surface area (Å²) < 4.78 is 5.95. The van der Waals surface area contributed by atoms with Crippen molar-refractivity contribution in [2.24, 2.45) is 4.99 Å². The van der Waals surface area contributed by atoms with Gasteiger partial charge in [0.05, 0.1) is 6.10 Å². The van der Waals surface area contributed by atoms with Crippen LogP contribution in [-0.4, -0.2) is 49.7 Å². The van der Waals surface area contributed by atoms with Gasteiger partial charge in [-0.25, -0.2) is 0 Å². The third-order valence-corrected chi connectivity index (χ3v) is 4.21. The maximum Gasteiger partial charge on any atom is 0.193 e.